The summed E-state index contributed by atoms with van der Waals surface area (Å²) in [5, 5.41) is 8.74. The minimum absolute atomic E-state index is 0.0850. The zero-order chi connectivity index (χ0) is 18.2. The fourth-order valence-electron chi connectivity index (χ4n) is 2.76. The van der Waals surface area contributed by atoms with E-state index in [1.54, 1.807) is 11.0 Å². The molecule has 0 atom stereocenters. The van der Waals surface area contributed by atoms with E-state index in [4.69, 9.17) is 5.26 Å². The number of hydrogen-bond donors (Lipinski definition) is 2. The van der Waals surface area contributed by atoms with E-state index in [9.17, 15) is 17.6 Å². The minimum atomic E-state index is -4.08. The van der Waals surface area contributed by atoms with Crippen molar-refractivity contribution in [1.82, 2.24) is 9.88 Å². The predicted molar refractivity (Wildman–Crippen MR) is 87.7 cm³/mol. The number of aromatic amines is 1. The highest BCUT2D eigenvalue weighted by atomic mass is 32.2. The van der Waals surface area contributed by atoms with E-state index >= 15 is 0 Å². The average Bonchev–Trinajstić information content (AvgIpc) is 3.11. The van der Waals surface area contributed by atoms with Crippen molar-refractivity contribution >= 4 is 21.6 Å². The van der Waals surface area contributed by atoms with Crippen LogP contribution in [0.1, 0.15) is 35.0 Å². The van der Waals surface area contributed by atoms with Gasteiger partial charge in [0.2, 0.25) is 0 Å². The van der Waals surface area contributed by atoms with Gasteiger partial charge in [0.05, 0.1) is 17.3 Å². The molecule has 3 rings (SSSR count). The van der Waals surface area contributed by atoms with Crippen molar-refractivity contribution < 1.29 is 17.6 Å². The molecule has 0 saturated heterocycles. The van der Waals surface area contributed by atoms with E-state index < -0.39 is 15.8 Å². The molecular weight excluding hydrogens is 347 g/mol. The van der Waals surface area contributed by atoms with Crippen molar-refractivity contribution in [2.24, 2.45) is 0 Å². The lowest BCUT2D eigenvalue weighted by atomic mass is 10.2. The molecule has 0 radical (unpaired) electrons. The zero-order valence-corrected chi connectivity index (χ0v) is 14.2. The van der Waals surface area contributed by atoms with Crippen molar-refractivity contribution in [3.05, 3.63) is 47.0 Å². The van der Waals surface area contributed by atoms with Gasteiger partial charge in [0, 0.05) is 24.8 Å². The van der Waals surface area contributed by atoms with Crippen LogP contribution in [0.5, 0.6) is 0 Å². The standard InChI is InChI=1S/C16H15FN4O3S/c1-2-5-21-9-11-14(8-19-15(11)16(21)22)25(23,24)20-13-4-3-10(7-18)6-12(13)17/h3-4,6,8,19-20H,2,5,9H2,1H3. The van der Waals surface area contributed by atoms with E-state index in [0.29, 0.717) is 12.1 Å². The first-order valence-electron chi connectivity index (χ1n) is 7.59. The van der Waals surface area contributed by atoms with Crippen molar-refractivity contribution in [2.75, 3.05) is 11.3 Å². The summed E-state index contributed by atoms with van der Waals surface area (Å²) in [5.41, 5.74) is 0.446. The van der Waals surface area contributed by atoms with Gasteiger partial charge >= 0.3 is 0 Å². The van der Waals surface area contributed by atoms with E-state index in [2.05, 4.69) is 9.71 Å². The molecule has 1 amide bonds. The lowest BCUT2D eigenvalue weighted by molar-refractivity contribution is 0.0773. The summed E-state index contributed by atoms with van der Waals surface area (Å²) < 4.78 is 41.3. The highest BCUT2D eigenvalue weighted by Crippen LogP contribution is 2.30. The van der Waals surface area contributed by atoms with Crippen LogP contribution in [-0.2, 0) is 16.6 Å². The molecule has 1 aliphatic heterocycles. The largest absolute Gasteiger partial charge is 0.356 e. The highest BCUT2D eigenvalue weighted by molar-refractivity contribution is 7.92. The second kappa shape index (κ2) is 6.22. The van der Waals surface area contributed by atoms with Gasteiger partial charge in [-0.2, -0.15) is 5.26 Å². The summed E-state index contributed by atoms with van der Waals surface area (Å²) in [6, 6.07) is 5.23. The van der Waals surface area contributed by atoms with Gasteiger partial charge in [0.25, 0.3) is 15.9 Å². The number of nitriles is 1. The van der Waals surface area contributed by atoms with E-state index in [1.165, 1.54) is 18.3 Å². The third-order valence-electron chi connectivity index (χ3n) is 3.92. The summed E-state index contributed by atoms with van der Waals surface area (Å²) in [4.78, 5) is 16.4. The van der Waals surface area contributed by atoms with Crippen LogP contribution in [0.4, 0.5) is 10.1 Å². The zero-order valence-electron chi connectivity index (χ0n) is 13.3. The lowest BCUT2D eigenvalue weighted by Gasteiger charge is -2.14. The van der Waals surface area contributed by atoms with Crippen LogP contribution in [0.25, 0.3) is 0 Å². The Bertz CT molecular complexity index is 991. The minimum Gasteiger partial charge on any atom is -0.356 e. The van der Waals surface area contributed by atoms with Gasteiger partial charge in [-0.3, -0.25) is 9.52 Å². The number of carbonyl (C=O) groups is 1. The Morgan fingerprint density at radius 1 is 1.44 bits per heavy atom. The molecule has 130 valence electrons. The predicted octanol–water partition coefficient (Wildman–Crippen LogP) is 2.19. The number of amides is 1. The maximum Gasteiger partial charge on any atom is 0.270 e. The molecule has 1 aromatic heterocycles. The Labute approximate surface area is 144 Å². The molecule has 1 aromatic carbocycles. The third kappa shape index (κ3) is 2.96. The smallest absolute Gasteiger partial charge is 0.270 e. The second-order valence-corrected chi connectivity index (χ2v) is 7.30. The number of hydrogen-bond acceptors (Lipinski definition) is 4. The van der Waals surface area contributed by atoms with Gasteiger partial charge < -0.3 is 9.88 Å². The van der Waals surface area contributed by atoms with Gasteiger partial charge in [-0.1, -0.05) is 6.92 Å². The first-order valence-corrected chi connectivity index (χ1v) is 9.07. The molecule has 0 spiro atoms. The first kappa shape index (κ1) is 17.0. The molecule has 25 heavy (non-hydrogen) atoms. The van der Waals surface area contributed by atoms with Crippen LogP contribution in [0.2, 0.25) is 0 Å². The number of nitrogens with zero attached hydrogens (tertiary/aromatic N) is 2. The number of benzene rings is 1. The first-order chi connectivity index (χ1) is 11.9. The average molecular weight is 362 g/mol. The molecule has 2 heterocycles. The summed E-state index contributed by atoms with van der Waals surface area (Å²) in [5.74, 6) is -1.10. The fraction of sp³-hybridized carbons (Fsp3) is 0.250. The van der Waals surface area contributed by atoms with Gasteiger partial charge in [-0.05, 0) is 24.6 Å². The van der Waals surface area contributed by atoms with Crippen LogP contribution in [0.15, 0.2) is 29.3 Å². The molecular formula is C16H15FN4O3S. The molecule has 2 aromatic rings. The molecule has 0 aliphatic carbocycles. The van der Waals surface area contributed by atoms with Crippen LogP contribution in [0, 0.1) is 17.1 Å². The van der Waals surface area contributed by atoms with Gasteiger partial charge in [-0.25, -0.2) is 12.8 Å². The van der Waals surface area contributed by atoms with E-state index in [1.807, 2.05) is 6.92 Å². The quantitative estimate of drug-likeness (QED) is 0.850. The number of fused-ring (bicyclic) bond motifs is 1. The van der Waals surface area contributed by atoms with Crippen molar-refractivity contribution in [2.45, 2.75) is 24.8 Å². The summed E-state index contributed by atoms with van der Waals surface area (Å²) in [6.07, 6.45) is 1.99. The number of halogens is 1. The normalized spacial score (nSPS) is 13.6. The Kier molecular flexibility index (Phi) is 4.22. The molecule has 0 saturated carbocycles. The topological polar surface area (TPSA) is 106 Å². The lowest BCUT2D eigenvalue weighted by Crippen LogP contribution is -2.25. The molecule has 7 nitrogen and oxygen atoms in total. The van der Waals surface area contributed by atoms with Crippen molar-refractivity contribution in [3.63, 3.8) is 0 Å². The van der Waals surface area contributed by atoms with Crippen molar-refractivity contribution in [1.29, 1.82) is 5.26 Å². The van der Waals surface area contributed by atoms with E-state index in [0.717, 1.165) is 12.5 Å². The third-order valence-corrected chi connectivity index (χ3v) is 5.35. The SMILES string of the molecule is CCCN1Cc2c(S(=O)(=O)Nc3ccc(C#N)cc3F)c[nH]c2C1=O. The number of rotatable bonds is 5. The molecule has 1 aliphatic rings. The van der Waals surface area contributed by atoms with Crippen LogP contribution < -0.4 is 4.72 Å². The monoisotopic (exact) mass is 362 g/mol. The van der Waals surface area contributed by atoms with Gasteiger partial charge in [0.15, 0.2) is 0 Å². The maximum atomic E-state index is 14.0. The summed E-state index contributed by atoms with van der Waals surface area (Å²) >= 11 is 0. The maximum absolute atomic E-state index is 14.0. The van der Waals surface area contributed by atoms with Crippen LogP contribution in [0.3, 0.4) is 0 Å². The highest BCUT2D eigenvalue weighted by Gasteiger charge is 2.34. The molecule has 2 N–H and O–H groups in total. The number of carbonyl (C=O) groups excluding carboxylic acids is 1. The van der Waals surface area contributed by atoms with E-state index in [-0.39, 0.29) is 34.3 Å². The number of sulfonamides is 1. The number of H-pyrrole nitrogens is 1. The number of anilines is 1. The van der Waals surface area contributed by atoms with Crippen LogP contribution >= 0.6 is 0 Å². The Morgan fingerprint density at radius 3 is 2.84 bits per heavy atom. The molecule has 0 unspecified atom stereocenters. The van der Waals surface area contributed by atoms with Gasteiger partial charge in [-0.15, -0.1) is 0 Å². The molecule has 9 heteroatoms. The van der Waals surface area contributed by atoms with Gasteiger partial charge in [0.1, 0.15) is 16.4 Å². The van der Waals surface area contributed by atoms with Crippen LogP contribution in [-0.4, -0.2) is 30.8 Å². The number of nitrogens with one attached hydrogen (secondary N) is 2. The Balaban J connectivity index is 1.92. The summed E-state index contributed by atoms with van der Waals surface area (Å²) in [7, 11) is -4.08. The molecule has 0 fully saturated rings. The number of aromatic nitrogens is 1. The molecule has 0 bridgehead atoms. The fourth-order valence-corrected chi connectivity index (χ4v) is 4.03. The summed E-state index contributed by atoms with van der Waals surface area (Å²) in [6.45, 7) is 2.64. The Morgan fingerprint density at radius 2 is 2.20 bits per heavy atom. The van der Waals surface area contributed by atoms with Crippen molar-refractivity contribution in [3.8, 4) is 6.07 Å². The Hall–Kier alpha value is -2.86. The second-order valence-electron chi connectivity index (χ2n) is 5.65.